The molecule has 0 unspecified atom stereocenters. The van der Waals surface area contributed by atoms with Crippen molar-refractivity contribution in [2.75, 3.05) is 6.26 Å². The van der Waals surface area contributed by atoms with Crippen LogP contribution in [0.1, 0.15) is 40.0 Å². The Bertz CT molecular complexity index is 761. The Hall–Kier alpha value is -1.14. The molecule has 0 N–H and O–H groups in total. The topological polar surface area (TPSA) is 59.9 Å². The SMILES string of the molecule is CCC(CC)(CC)Sc1ncnc2ccc(S(C)(=O)=O)cc12. The highest BCUT2D eigenvalue weighted by molar-refractivity contribution is 8.00. The molecule has 0 bridgehead atoms. The summed E-state index contributed by atoms with van der Waals surface area (Å²) in [5.74, 6) is 0. The van der Waals surface area contributed by atoms with Crippen molar-refractivity contribution >= 4 is 32.5 Å². The second kappa shape index (κ2) is 6.54. The first-order valence-electron chi connectivity index (χ1n) is 7.49. The van der Waals surface area contributed by atoms with Crippen LogP contribution in [0, 0.1) is 0 Å². The van der Waals surface area contributed by atoms with Gasteiger partial charge in [0.25, 0.3) is 0 Å². The molecule has 120 valence electrons. The van der Waals surface area contributed by atoms with Gasteiger partial charge in [0.2, 0.25) is 0 Å². The quantitative estimate of drug-likeness (QED) is 0.586. The zero-order valence-electron chi connectivity index (χ0n) is 13.5. The number of rotatable bonds is 6. The number of nitrogens with zero attached hydrogens (tertiary/aromatic N) is 2. The molecule has 1 aromatic carbocycles. The van der Waals surface area contributed by atoms with Crippen molar-refractivity contribution in [3.8, 4) is 0 Å². The van der Waals surface area contributed by atoms with Gasteiger partial charge >= 0.3 is 0 Å². The van der Waals surface area contributed by atoms with E-state index in [-0.39, 0.29) is 4.75 Å². The summed E-state index contributed by atoms with van der Waals surface area (Å²) < 4.78 is 23.7. The predicted molar refractivity (Wildman–Crippen MR) is 92.1 cm³/mol. The monoisotopic (exact) mass is 338 g/mol. The largest absolute Gasteiger partial charge is 0.236 e. The Balaban J connectivity index is 2.59. The molecule has 1 heterocycles. The van der Waals surface area contributed by atoms with Crippen molar-refractivity contribution in [3.05, 3.63) is 24.5 Å². The molecule has 0 spiro atoms. The molecule has 22 heavy (non-hydrogen) atoms. The number of sulfone groups is 1. The minimum absolute atomic E-state index is 0.127. The van der Waals surface area contributed by atoms with Crippen molar-refractivity contribution in [1.82, 2.24) is 9.97 Å². The third kappa shape index (κ3) is 3.43. The van der Waals surface area contributed by atoms with Gasteiger partial charge in [0, 0.05) is 16.4 Å². The summed E-state index contributed by atoms with van der Waals surface area (Å²) in [5.41, 5.74) is 0.780. The molecule has 0 fully saturated rings. The molecule has 1 aromatic heterocycles. The third-order valence-electron chi connectivity index (χ3n) is 4.24. The Morgan fingerprint density at radius 1 is 1.09 bits per heavy atom. The highest BCUT2D eigenvalue weighted by Gasteiger charge is 2.27. The van der Waals surface area contributed by atoms with E-state index >= 15 is 0 Å². The van der Waals surface area contributed by atoms with Crippen LogP contribution in [-0.4, -0.2) is 29.4 Å². The van der Waals surface area contributed by atoms with Crippen molar-refractivity contribution in [2.24, 2.45) is 0 Å². The summed E-state index contributed by atoms with van der Waals surface area (Å²) in [7, 11) is -3.24. The molecule has 0 saturated heterocycles. The van der Waals surface area contributed by atoms with E-state index in [1.54, 1.807) is 36.3 Å². The van der Waals surface area contributed by atoms with Gasteiger partial charge in [-0.15, -0.1) is 0 Å². The summed E-state index contributed by atoms with van der Waals surface area (Å²) in [4.78, 5) is 8.98. The molecular weight excluding hydrogens is 316 g/mol. The lowest BCUT2D eigenvalue weighted by molar-refractivity contribution is 0.530. The third-order valence-corrected chi connectivity index (χ3v) is 7.17. The van der Waals surface area contributed by atoms with E-state index in [1.807, 2.05) is 0 Å². The minimum atomic E-state index is -3.24. The zero-order chi connectivity index (χ0) is 16.4. The van der Waals surface area contributed by atoms with Crippen LogP contribution in [0.5, 0.6) is 0 Å². The van der Waals surface area contributed by atoms with E-state index in [0.717, 1.165) is 35.2 Å². The van der Waals surface area contributed by atoms with Gasteiger partial charge in [0.1, 0.15) is 11.4 Å². The molecule has 0 saturated carbocycles. The van der Waals surface area contributed by atoms with Crippen LogP contribution in [0.25, 0.3) is 10.9 Å². The Morgan fingerprint density at radius 2 is 1.73 bits per heavy atom. The van der Waals surface area contributed by atoms with Crippen molar-refractivity contribution in [3.63, 3.8) is 0 Å². The number of fused-ring (bicyclic) bond motifs is 1. The van der Waals surface area contributed by atoms with Crippen LogP contribution >= 0.6 is 11.8 Å². The summed E-state index contributed by atoms with van der Waals surface area (Å²) in [6.45, 7) is 6.56. The van der Waals surface area contributed by atoms with Crippen molar-refractivity contribution in [2.45, 2.75) is 54.7 Å². The first-order chi connectivity index (χ1) is 10.3. The molecule has 0 radical (unpaired) electrons. The Morgan fingerprint density at radius 3 is 2.27 bits per heavy atom. The second-order valence-electron chi connectivity index (χ2n) is 5.48. The van der Waals surface area contributed by atoms with Crippen LogP contribution in [0.2, 0.25) is 0 Å². The first kappa shape index (κ1) is 17.2. The lowest BCUT2D eigenvalue weighted by Crippen LogP contribution is -2.21. The number of aromatic nitrogens is 2. The van der Waals surface area contributed by atoms with E-state index in [1.165, 1.54) is 6.26 Å². The summed E-state index contributed by atoms with van der Waals surface area (Å²) in [5, 5.41) is 1.68. The van der Waals surface area contributed by atoms with Crippen LogP contribution in [0.4, 0.5) is 0 Å². The lowest BCUT2D eigenvalue weighted by atomic mass is 9.99. The molecule has 0 amide bonds. The Labute approximate surface area is 136 Å². The van der Waals surface area contributed by atoms with Crippen LogP contribution < -0.4 is 0 Å². The number of benzene rings is 1. The van der Waals surface area contributed by atoms with E-state index in [4.69, 9.17) is 0 Å². The van der Waals surface area contributed by atoms with E-state index in [9.17, 15) is 8.42 Å². The smallest absolute Gasteiger partial charge is 0.175 e. The van der Waals surface area contributed by atoms with E-state index in [2.05, 4.69) is 30.7 Å². The predicted octanol–water partition coefficient (Wildman–Crippen LogP) is 4.09. The molecule has 4 nitrogen and oxygen atoms in total. The van der Waals surface area contributed by atoms with Gasteiger partial charge in [-0.25, -0.2) is 18.4 Å². The van der Waals surface area contributed by atoms with Gasteiger partial charge in [-0.3, -0.25) is 0 Å². The fourth-order valence-corrected chi connectivity index (χ4v) is 4.36. The molecule has 6 heteroatoms. The zero-order valence-corrected chi connectivity index (χ0v) is 15.1. The molecule has 0 aliphatic carbocycles. The van der Waals surface area contributed by atoms with Gasteiger partial charge in [-0.05, 0) is 37.5 Å². The number of hydrogen-bond acceptors (Lipinski definition) is 5. The molecule has 2 rings (SSSR count). The lowest BCUT2D eigenvalue weighted by Gasteiger charge is -2.29. The Kier molecular flexibility index (Phi) is 5.12. The van der Waals surface area contributed by atoms with Gasteiger partial charge in [0.05, 0.1) is 10.4 Å². The fraction of sp³-hybridized carbons (Fsp3) is 0.500. The maximum absolute atomic E-state index is 11.8. The molecule has 0 aliphatic heterocycles. The van der Waals surface area contributed by atoms with Crippen LogP contribution in [0.3, 0.4) is 0 Å². The van der Waals surface area contributed by atoms with Gasteiger partial charge in [-0.1, -0.05) is 32.5 Å². The van der Waals surface area contributed by atoms with Crippen molar-refractivity contribution < 1.29 is 8.42 Å². The first-order valence-corrected chi connectivity index (χ1v) is 10.2. The van der Waals surface area contributed by atoms with E-state index in [0.29, 0.717) is 4.90 Å². The molecular formula is C16H22N2O2S2. The average Bonchev–Trinajstić information content (AvgIpc) is 2.51. The molecule has 0 aliphatic rings. The van der Waals surface area contributed by atoms with Gasteiger partial charge in [0.15, 0.2) is 9.84 Å². The van der Waals surface area contributed by atoms with E-state index < -0.39 is 9.84 Å². The minimum Gasteiger partial charge on any atom is -0.236 e. The maximum Gasteiger partial charge on any atom is 0.175 e. The van der Waals surface area contributed by atoms with Crippen molar-refractivity contribution in [1.29, 1.82) is 0 Å². The highest BCUT2D eigenvalue weighted by atomic mass is 32.2. The summed E-state index contributed by atoms with van der Waals surface area (Å²) >= 11 is 1.74. The maximum atomic E-state index is 11.8. The number of thioether (sulfide) groups is 1. The highest BCUT2D eigenvalue weighted by Crippen LogP contribution is 2.42. The number of hydrogen-bond donors (Lipinski definition) is 0. The average molecular weight is 338 g/mol. The fourth-order valence-electron chi connectivity index (χ4n) is 2.50. The van der Waals surface area contributed by atoms with Gasteiger partial charge < -0.3 is 0 Å². The van der Waals surface area contributed by atoms with Crippen LogP contribution in [-0.2, 0) is 9.84 Å². The van der Waals surface area contributed by atoms with Crippen LogP contribution in [0.15, 0.2) is 34.4 Å². The molecule has 2 aromatic rings. The second-order valence-corrected chi connectivity index (χ2v) is 8.95. The standard InChI is InChI=1S/C16H22N2O2S2/c1-5-16(6-2,7-3)21-15-13-10-12(22(4,19)20)8-9-14(13)17-11-18-15/h8-11H,5-7H2,1-4H3. The summed E-state index contributed by atoms with van der Waals surface area (Å²) in [6.07, 6.45) is 5.90. The summed E-state index contributed by atoms with van der Waals surface area (Å²) in [6, 6.07) is 5.05. The van der Waals surface area contributed by atoms with Gasteiger partial charge in [-0.2, -0.15) is 0 Å². The normalized spacial score (nSPS) is 12.7. The molecule has 0 atom stereocenters.